The fourth-order valence-electron chi connectivity index (χ4n) is 5.57. The Hall–Kier alpha value is -2.70. The van der Waals surface area contributed by atoms with Gasteiger partial charge in [0, 0.05) is 44.1 Å². The van der Waals surface area contributed by atoms with Crippen molar-refractivity contribution in [2.24, 2.45) is 11.8 Å². The van der Waals surface area contributed by atoms with Crippen molar-refractivity contribution < 1.29 is 14.1 Å². The van der Waals surface area contributed by atoms with Crippen LogP contribution in [0.1, 0.15) is 54.2 Å². The summed E-state index contributed by atoms with van der Waals surface area (Å²) in [5.41, 5.74) is 0.209. The number of rotatable bonds is 4. The molecule has 0 bridgehead atoms. The van der Waals surface area contributed by atoms with Gasteiger partial charge in [-0.15, -0.1) is 0 Å². The molecule has 5 rings (SSSR count). The highest BCUT2D eigenvalue weighted by atomic mass is 16.5. The lowest BCUT2D eigenvalue weighted by Gasteiger charge is -2.26. The smallest absolute Gasteiger partial charge is 0.253 e. The van der Waals surface area contributed by atoms with Crippen molar-refractivity contribution in [1.82, 2.24) is 19.9 Å². The Kier molecular flexibility index (Phi) is 4.83. The number of fused-ring (bicyclic) bond motifs is 1. The normalized spacial score (nSPS) is 26.4. The first kappa shape index (κ1) is 19.3. The lowest BCUT2D eigenvalue weighted by atomic mass is 9.81. The Morgan fingerprint density at radius 1 is 1.10 bits per heavy atom. The molecule has 2 amide bonds. The van der Waals surface area contributed by atoms with E-state index < -0.39 is 5.41 Å². The van der Waals surface area contributed by atoms with E-state index in [1.165, 1.54) is 12.8 Å². The predicted octanol–water partition coefficient (Wildman–Crippen LogP) is 2.81. The lowest BCUT2D eigenvalue weighted by molar-refractivity contribution is -0.131. The minimum absolute atomic E-state index is 0.0180. The molecule has 1 saturated carbocycles. The Labute approximate surface area is 176 Å². The fraction of sp³-hybridized carbons (Fsp3) is 0.565. The summed E-state index contributed by atoms with van der Waals surface area (Å²) in [4.78, 5) is 34.5. The third kappa shape index (κ3) is 3.30. The van der Waals surface area contributed by atoms with Crippen LogP contribution in [0.4, 0.5) is 0 Å². The monoisotopic (exact) mass is 408 g/mol. The first-order valence-electron chi connectivity index (χ1n) is 11.0. The largest absolute Gasteiger partial charge is 0.341 e. The Bertz CT molecular complexity index is 937. The summed E-state index contributed by atoms with van der Waals surface area (Å²) >= 11 is 0. The number of aromatic nitrogens is 2. The molecule has 0 radical (unpaired) electrons. The summed E-state index contributed by atoms with van der Waals surface area (Å²) < 4.78 is 5.61. The molecule has 3 fully saturated rings. The predicted molar refractivity (Wildman–Crippen MR) is 110 cm³/mol. The van der Waals surface area contributed by atoms with Gasteiger partial charge in [0.05, 0.1) is 5.41 Å². The van der Waals surface area contributed by atoms with Crippen LogP contribution < -0.4 is 0 Å². The molecule has 2 aromatic rings. The van der Waals surface area contributed by atoms with E-state index in [1.807, 2.05) is 40.1 Å². The number of aryl methyl sites for hydroxylation is 1. The third-order valence-corrected chi connectivity index (χ3v) is 7.16. The Balaban J connectivity index is 1.38. The maximum Gasteiger partial charge on any atom is 0.253 e. The molecule has 1 aromatic carbocycles. The minimum Gasteiger partial charge on any atom is -0.341 e. The number of amides is 2. The van der Waals surface area contributed by atoms with Gasteiger partial charge in [0.25, 0.3) is 5.91 Å². The third-order valence-electron chi connectivity index (χ3n) is 7.16. The molecule has 3 heterocycles. The fourth-order valence-corrected chi connectivity index (χ4v) is 5.57. The number of hydrogen-bond donors (Lipinski definition) is 0. The second-order valence-corrected chi connectivity index (χ2v) is 9.18. The highest BCUT2D eigenvalue weighted by Crippen LogP contribution is 2.45. The summed E-state index contributed by atoms with van der Waals surface area (Å²) in [6.07, 6.45) is 5.44. The van der Waals surface area contributed by atoms with Gasteiger partial charge in [-0.3, -0.25) is 9.59 Å². The van der Waals surface area contributed by atoms with Gasteiger partial charge in [0.2, 0.25) is 11.8 Å². The maximum atomic E-state index is 13.1. The van der Waals surface area contributed by atoms with Crippen molar-refractivity contribution in [3.63, 3.8) is 0 Å². The molecular weight excluding hydrogens is 380 g/mol. The van der Waals surface area contributed by atoms with E-state index in [0.717, 1.165) is 12.8 Å². The van der Waals surface area contributed by atoms with Crippen LogP contribution >= 0.6 is 0 Å². The average Bonchev–Trinajstić information content (AvgIpc) is 3.51. The van der Waals surface area contributed by atoms with Gasteiger partial charge in [0.1, 0.15) is 0 Å². The molecule has 7 nitrogen and oxygen atoms in total. The molecule has 7 heteroatoms. The number of likely N-dealkylation sites (tertiary alicyclic amines) is 2. The van der Waals surface area contributed by atoms with E-state index in [4.69, 9.17) is 4.52 Å². The van der Waals surface area contributed by atoms with Crippen molar-refractivity contribution in [3.05, 3.63) is 47.6 Å². The molecule has 0 unspecified atom stereocenters. The maximum absolute atomic E-state index is 13.1. The molecule has 3 aliphatic rings. The molecule has 0 spiro atoms. The molecule has 1 aliphatic carbocycles. The Morgan fingerprint density at radius 2 is 1.80 bits per heavy atom. The van der Waals surface area contributed by atoms with Crippen molar-refractivity contribution in [2.75, 3.05) is 26.2 Å². The van der Waals surface area contributed by atoms with Crippen LogP contribution in [-0.2, 0) is 10.2 Å². The van der Waals surface area contributed by atoms with Crippen LogP contribution in [0.15, 0.2) is 34.9 Å². The SMILES string of the molecule is Cc1noc([C@]23CN(C(=O)CC4CCCC4)C[C@H]2CN(C(=O)c2ccccc2)C3)n1. The van der Waals surface area contributed by atoms with E-state index in [2.05, 4.69) is 10.1 Å². The van der Waals surface area contributed by atoms with Gasteiger partial charge in [0.15, 0.2) is 5.82 Å². The van der Waals surface area contributed by atoms with E-state index in [1.54, 1.807) is 6.92 Å². The van der Waals surface area contributed by atoms with Gasteiger partial charge in [-0.2, -0.15) is 4.98 Å². The minimum atomic E-state index is -0.475. The van der Waals surface area contributed by atoms with Crippen molar-refractivity contribution >= 4 is 11.8 Å². The van der Waals surface area contributed by atoms with Crippen LogP contribution in [0.3, 0.4) is 0 Å². The number of carbonyl (C=O) groups excluding carboxylic acids is 2. The zero-order valence-corrected chi connectivity index (χ0v) is 17.4. The zero-order chi connectivity index (χ0) is 20.7. The van der Waals surface area contributed by atoms with Crippen LogP contribution in [0.2, 0.25) is 0 Å². The summed E-state index contributed by atoms with van der Waals surface area (Å²) in [5, 5.41) is 4.00. The van der Waals surface area contributed by atoms with E-state index in [9.17, 15) is 9.59 Å². The summed E-state index contributed by atoms with van der Waals surface area (Å²) in [5.74, 6) is 2.02. The van der Waals surface area contributed by atoms with Crippen molar-refractivity contribution in [1.29, 1.82) is 0 Å². The first-order valence-corrected chi connectivity index (χ1v) is 11.0. The lowest BCUT2D eigenvalue weighted by Crippen LogP contribution is -2.41. The van der Waals surface area contributed by atoms with Gasteiger partial charge in [-0.05, 0) is 37.8 Å². The van der Waals surface area contributed by atoms with E-state index in [-0.39, 0.29) is 17.7 Å². The number of benzene rings is 1. The average molecular weight is 409 g/mol. The molecule has 0 N–H and O–H groups in total. The van der Waals surface area contributed by atoms with Crippen LogP contribution in [0.25, 0.3) is 0 Å². The molecule has 2 atom stereocenters. The number of nitrogens with zero attached hydrogens (tertiary/aromatic N) is 4. The summed E-state index contributed by atoms with van der Waals surface area (Å²) in [6, 6.07) is 9.36. The number of hydrogen-bond acceptors (Lipinski definition) is 5. The van der Waals surface area contributed by atoms with Gasteiger partial charge >= 0.3 is 0 Å². The second kappa shape index (κ2) is 7.52. The standard InChI is InChI=1S/C23H28N4O3/c1-16-24-22(30-25-16)23-14-26(20(28)11-17-7-5-6-8-17)12-19(23)13-27(15-23)21(29)18-9-3-2-4-10-18/h2-4,9-10,17,19H,5-8,11-15H2,1H3/t19-,23-/m0/s1. The topological polar surface area (TPSA) is 79.5 Å². The highest BCUT2D eigenvalue weighted by Gasteiger charge is 2.58. The molecule has 1 aromatic heterocycles. The highest BCUT2D eigenvalue weighted by molar-refractivity contribution is 5.94. The summed E-state index contributed by atoms with van der Waals surface area (Å²) in [6.45, 7) is 4.09. The first-order chi connectivity index (χ1) is 14.5. The van der Waals surface area contributed by atoms with Gasteiger partial charge in [-0.25, -0.2) is 0 Å². The summed E-state index contributed by atoms with van der Waals surface area (Å²) in [7, 11) is 0. The van der Waals surface area contributed by atoms with E-state index in [0.29, 0.717) is 55.8 Å². The van der Waals surface area contributed by atoms with Crippen molar-refractivity contribution in [2.45, 2.75) is 44.4 Å². The molecular formula is C23H28N4O3. The molecule has 2 aliphatic heterocycles. The van der Waals surface area contributed by atoms with Crippen LogP contribution in [-0.4, -0.2) is 57.9 Å². The molecule has 2 saturated heterocycles. The Morgan fingerprint density at radius 3 is 2.50 bits per heavy atom. The van der Waals surface area contributed by atoms with E-state index >= 15 is 0 Å². The van der Waals surface area contributed by atoms with Gasteiger partial charge in [-0.1, -0.05) is 36.2 Å². The second-order valence-electron chi connectivity index (χ2n) is 9.18. The van der Waals surface area contributed by atoms with Crippen LogP contribution in [0, 0.1) is 18.8 Å². The van der Waals surface area contributed by atoms with Gasteiger partial charge < -0.3 is 14.3 Å². The van der Waals surface area contributed by atoms with Crippen LogP contribution in [0.5, 0.6) is 0 Å². The molecule has 158 valence electrons. The van der Waals surface area contributed by atoms with Crippen molar-refractivity contribution in [3.8, 4) is 0 Å². The molecule has 30 heavy (non-hydrogen) atoms. The quantitative estimate of drug-likeness (QED) is 0.777. The zero-order valence-electron chi connectivity index (χ0n) is 17.4. The number of carbonyl (C=O) groups is 2.